The molecular formula is C52H32N2S2. The van der Waals surface area contributed by atoms with E-state index in [2.05, 4.69) is 194 Å². The number of rotatable bonds is 6. The SMILES string of the molecule is c1cc(-c2cccc(-c3cccc(-c4ccc5c(c4)sc4ccccc45)n3)c2)cc(-c2cccc(-c3cccc(-c4ccc5c(c4)sc4ccccc45)n3)c2)c1. The van der Waals surface area contributed by atoms with Crippen LogP contribution in [0.3, 0.4) is 0 Å². The van der Waals surface area contributed by atoms with Crippen LogP contribution in [0, 0.1) is 0 Å². The van der Waals surface area contributed by atoms with Crippen LogP contribution in [0.4, 0.5) is 0 Å². The molecule has 2 nitrogen and oxygen atoms in total. The first-order valence-electron chi connectivity index (χ1n) is 18.8. The summed E-state index contributed by atoms with van der Waals surface area (Å²) in [4.78, 5) is 10.3. The fourth-order valence-corrected chi connectivity index (χ4v) is 10.2. The van der Waals surface area contributed by atoms with Gasteiger partial charge in [0, 0.05) is 62.6 Å². The molecule has 4 heteroatoms. The molecule has 0 saturated carbocycles. The van der Waals surface area contributed by atoms with Gasteiger partial charge in [0.15, 0.2) is 0 Å². The third kappa shape index (κ3) is 5.88. The number of pyridine rings is 2. The summed E-state index contributed by atoms with van der Waals surface area (Å²) in [5.74, 6) is 0. The first-order valence-corrected chi connectivity index (χ1v) is 20.4. The highest BCUT2D eigenvalue weighted by Gasteiger charge is 2.12. The van der Waals surface area contributed by atoms with Crippen LogP contribution >= 0.6 is 22.7 Å². The smallest absolute Gasteiger partial charge is 0.0710 e. The van der Waals surface area contributed by atoms with Crippen LogP contribution in [0.25, 0.3) is 108 Å². The van der Waals surface area contributed by atoms with Crippen LogP contribution in [0.5, 0.6) is 0 Å². The molecule has 4 heterocycles. The molecule has 0 atom stereocenters. The normalized spacial score (nSPS) is 11.6. The predicted octanol–water partition coefficient (Wildman–Crippen LogP) is 15.2. The van der Waals surface area contributed by atoms with E-state index in [1.807, 2.05) is 22.7 Å². The Bertz CT molecular complexity index is 3060. The molecule has 11 rings (SSSR count). The van der Waals surface area contributed by atoms with Gasteiger partial charge in [-0.1, -0.05) is 127 Å². The lowest BCUT2D eigenvalue weighted by atomic mass is 9.96. The molecule has 56 heavy (non-hydrogen) atoms. The molecule has 0 unspecified atom stereocenters. The summed E-state index contributed by atoms with van der Waals surface area (Å²) in [7, 11) is 0. The molecule has 0 aliphatic rings. The lowest BCUT2D eigenvalue weighted by Crippen LogP contribution is -1.89. The highest BCUT2D eigenvalue weighted by Crippen LogP contribution is 2.38. The molecule has 0 amide bonds. The zero-order valence-corrected chi connectivity index (χ0v) is 31.8. The average molecular weight is 749 g/mol. The zero-order valence-electron chi connectivity index (χ0n) is 30.2. The number of hydrogen-bond donors (Lipinski definition) is 0. The molecule has 11 aromatic rings. The summed E-state index contributed by atoms with van der Waals surface area (Å²) in [5, 5.41) is 5.23. The van der Waals surface area contributed by atoms with Crippen LogP contribution in [-0.4, -0.2) is 9.97 Å². The molecule has 0 bridgehead atoms. The summed E-state index contributed by atoms with van der Waals surface area (Å²) >= 11 is 3.68. The summed E-state index contributed by atoms with van der Waals surface area (Å²) < 4.78 is 5.20. The summed E-state index contributed by atoms with van der Waals surface area (Å²) in [6.45, 7) is 0. The summed E-state index contributed by atoms with van der Waals surface area (Å²) in [6, 6.07) is 69.6. The molecular weight excluding hydrogens is 717 g/mol. The summed E-state index contributed by atoms with van der Waals surface area (Å²) in [6.07, 6.45) is 0. The van der Waals surface area contributed by atoms with Crippen LogP contribution in [-0.2, 0) is 0 Å². The second kappa shape index (κ2) is 13.5. The van der Waals surface area contributed by atoms with Gasteiger partial charge in [-0.05, 0) is 89.0 Å². The molecule has 0 aliphatic carbocycles. The van der Waals surface area contributed by atoms with Crippen LogP contribution in [0.15, 0.2) is 194 Å². The lowest BCUT2D eigenvalue weighted by Gasteiger charge is -2.11. The monoisotopic (exact) mass is 748 g/mol. The third-order valence-corrected chi connectivity index (χ3v) is 13.0. The Morgan fingerprint density at radius 3 is 0.982 bits per heavy atom. The van der Waals surface area contributed by atoms with E-state index in [0.717, 1.165) is 67.3 Å². The van der Waals surface area contributed by atoms with Gasteiger partial charge in [0.1, 0.15) is 0 Å². The summed E-state index contributed by atoms with van der Waals surface area (Å²) in [5.41, 5.74) is 13.0. The van der Waals surface area contributed by atoms with E-state index < -0.39 is 0 Å². The van der Waals surface area contributed by atoms with Crippen LogP contribution in [0.1, 0.15) is 0 Å². The van der Waals surface area contributed by atoms with Gasteiger partial charge < -0.3 is 0 Å². The number of thiophene rings is 2. The predicted molar refractivity (Wildman–Crippen MR) is 240 cm³/mol. The first-order chi connectivity index (χ1) is 27.7. The molecule has 0 spiro atoms. The van der Waals surface area contributed by atoms with Crippen LogP contribution in [0.2, 0.25) is 0 Å². The van der Waals surface area contributed by atoms with E-state index in [1.165, 1.54) is 40.3 Å². The lowest BCUT2D eigenvalue weighted by molar-refractivity contribution is 1.32. The van der Waals surface area contributed by atoms with Crippen molar-refractivity contribution in [3.05, 3.63) is 194 Å². The molecule has 0 N–H and O–H groups in total. The van der Waals surface area contributed by atoms with Crippen LogP contribution < -0.4 is 0 Å². The first kappa shape index (κ1) is 32.7. The second-order valence-corrected chi connectivity index (χ2v) is 16.3. The van der Waals surface area contributed by atoms with Gasteiger partial charge in [-0.2, -0.15) is 0 Å². The highest BCUT2D eigenvalue weighted by atomic mass is 32.1. The standard InChI is InChI=1S/C52H32N2S2/c1-3-22-49-41(16-1)43-26-24-39(31-51(43)55-49)47-20-8-18-45(53-47)37-14-6-12-35(29-37)33-10-5-11-34(28-33)36-13-7-15-38(30-36)46-19-9-21-48(54-46)40-25-27-44-42-17-2-4-23-50(42)56-52(44)32-40/h1-32H. The van der Waals surface area contributed by atoms with Gasteiger partial charge in [-0.25, -0.2) is 9.97 Å². The fourth-order valence-electron chi connectivity index (χ4n) is 7.88. The van der Waals surface area contributed by atoms with E-state index in [4.69, 9.17) is 9.97 Å². The van der Waals surface area contributed by atoms with E-state index in [-0.39, 0.29) is 0 Å². The molecule has 0 fully saturated rings. The van der Waals surface area contributed by atoms with Crippen molar-refractivity contribution in [2.75, 3.05) is 0 Å². The Hall–Kier alpha value is -6.72. The van der Waals surface area contributed by atoms with E-state index in [0.29, 0.717) is 0 Å². The number of fused-ring (bicyclic) bond motifs is 6. The van der Waals surface area contributed by atoms with Gasteiger partial charge in [-0.3, -0.25) is 0 Å². The van der Waals surface area contributed by atoms with Crippen molar-refractivity contribution in [3.63, 3.8) is 0 Å². The maximum atomic E-state index is 5.16. The quantitative estimate of drug-likeness (QED) is 0.169. The van der Waals surface area contributed by atoms with Gasteiger partial charge in [0.25, 0.3) is 0 Å². The van der Waals surface area contributed by atoms with Crippen molar-refractivity contribution in [2.45, 2.75) is 0 Å². The maximum Gasteiger partial charge on any atom is 0.0710 e. The van der Waals surface area contributed by atoms with Crippen molar-refractivity contribution in [2.24, 2.45) is 0 Å². The van der Waals surface area contributed by atoms with Gasteiger partial charge in [-0.15, -0.1) is 22.7 Å². The van der Waals surface area contributed by atoms with Crippen molar-refractivity contribution < 1.29 is 0 Å². The number of nitrogens with zero attached hydrogens (tertiary/aromatic N) is 2. The second-order valence-electron chi connectivity index (χ2n) is 14.2. The van der Waals surface area contributed by atoms with Crippen molar-refractivity contribution in [3.8, 4) is 67.3 Å². The Labute approximate surface area is 332 Å². The largest absolute Gasteiger partial charge is 0.248 e. The number of aromatic nitrogens is 2. The Balaban J connectivity index is 0.878. The minimum atomic E-state index is 0.961. The Morgan fingerprint density at radius 1 is 0.232 bits per heavy atom. The van der Waals surface area contributed by atoms with E-state index >= 15 is 0 Å². The van der Waals surface area contributed by atoms with Gasteiger partial charge in [0.2, 0.25) is 0 Å². The highest BCUT2D eigenvalue weighted by molar-refractivity contribution is 7.26. The number of hydrogen-bond acceptors (Lipinski definition) is 4. The average Bonchev–Trinajstić information content (AvgIpc) is 3.84. The minimum Gasteiger partial charge on any atom is -0.248 e. The molecule has 262 valence electrons. The molecule has 0 saturated heterocycles. The molecule has 0 radical (unpaired) electrons. The maximum absolute atomic E-state index is 5.16. The fraction of sp³-hybridized carbons (Fsp3) is 0. The third-order valence-electron chi connectivity index (χ3n) is 10.7. The van der Waals surface area contributed by atoms with E-state index in [1.54, 1.807) is 0 Å². The number of benzene rings is 7. The zero-order chi connectivity index (χ0) is 37.0. The van der Waals surface area contributed by atoms with E-state index in [9.17, 15) is 0 Å². The topological polar surface area (TPSA) is 25.8 Å². The molecule has 4 aromatic heterocycles. The molecule has 7 aromatic carbocycles. The van der Waals surface area contributed by atoms with Crippen molar-refractivity contribution in [1.29, 1.82) is 0 Å². The van der Waals surface area contributed by atoms with Gasteiger partial charge in [0.05, 0.1) is 22.8 Å². The Morgan fingerprint density at radius 2 is 0.554 bits per heavy atom. The van der Waals surface area contributed by atoms with Gasteiger partial charge >= 0.3 is 0 Å². The van der Waals surface area contributed by atoms with Crippen molar-refractivity contribution >= 4 is 63.0 Å². The van der Waals surface area contributed by atoms with Crippen molar-refractivity contribution in [1.82, 2.24) is 9.97 Å². The Kier molecular flexibility index (Phi) is 7.90. The molecule has 0 aliphatic heterocycles. The minimum absolute atomic E-state index is 0.961.